The van der Waals surface area contributed by atoms with E-state index in [1.807, 2.05) is 0 Å². The highest BCUT2D eigenvalue weighted by Gasteiger charge is 2.48. The van der Waals surface area contributed by atoms with E-state index < -0.39 is 0 Å². The molecule has 2 aliphatic rings. The number of hydrogen-bond acceptors (Lipinski definition) is 3. The second kappa shape index (κ2) is 2.96. The van der Waals surface area contributed by atoms with Crippen molar-refractivity contribution < 1.29 is 4.79 Å². The van der Waals surface area contributed by atoms with E-state index >= 15 is 0 Å². The quantitative estimate of drug-likeness (QED) is 0.640. The summed E-state index contributed by atoms with van der Waals surface area (Å²) in [6.45, 7) is 3.29. The van der Waals surface area contributed by atoms with Crippen LogP contribution in [0.2, 0.25) is 0 Å². The Bertz CT molecular complexity index is 227. The zero-order valence-electron chi connectivity index (χ0n) is 8.05. The summed E-state index contributed by atoms with van der Waals surface area (Å²) in [4.78, 5) is 11.5. The maximum absolute atomic E-state index is 11.5. The number of nitrogens with zero attached hydrogens (tertiary/aromatic N) is 1. The average molecular weight is 183 g/mol. The second-order valence-corrected chi connectivity index (χ2v) is 4.31. The van der Waals surface area contributed by atoms with Crippen LogP contribution in [0, 0.1) is 5.92 Å². The highest BCUT2D eigenvalue weighted by molar-refractivity contribution is 5.79. The Hall–Kier alpha value is -0.610. The third kappa shape index (κ3) is 1.56. The Morgan fingerprint density at radius 3 is 2.92 bits per heavy atom. The third-order valence-corrected chi connectivity index (χ3v) is 3.04. The monoisotopic (exact) mass is 183 g/mol. The SMILES string of the molecule is CC1(C2CC2)CC(=O)N(CCN)N1. The molecular formula is C9H17N3O. The van der Waals surface area contributed by atoms with Gasteiger partial charge < -0.3 is 5.73 Å². The van der Waals surface area contributed by atoms with Crippen LogP contribution >= 0.6 is 0 Å². The van der Waals surface area contributed by atoms with Crippen molar-refractivity contribution in [3.8, 4) is 0 Å². The molecule has 1 saturated carbocycles. The van der Waals surface area contributed by atoms with Gasteiger partial charge in [0.2, 0.25) is 5.91 Å². The Balaban J connectivity index is 2.00. The highest BCUT2D eigenvalue weighted by atomic mass is 16.2. The zero-order chi connectivity index (χ0) is 9.47. The van der Waals surface area contributed by atoms with Crippen LogP contribution in [0.3, 0.4) is 0 Å². The molecule has 1 heterocycles. The van der Waals surface area contributed by atoms with Gasteiger partial charge in [-0.1, -0.05) is 0 Å². The van der Waals surface area contributed by atoms with Crippen molar-refractivity contribution in [3.63, 3.8) is 0 Å². The van der Waals surface area contributed by atoms with E-state index in [-0.39, 0.29) is 11.4 Å². The van der Waals surface area contributed by atoms with Crippen LogP contribution in [0.4, 0.5) is 0 Å². The molecule has 2 rings (SSSR count). The Labute approximate surface area is 78.4 Å². The van der Waals surface area contributed by atoms with Crippen molar-refractivity contribution in [1.29, 1.82) is 0 Å². The minimum atomic E-state index is 0.0201. The molecule has 1 saturated heterocycles. The smallest absolute Gasteiger partial charge is 0.238 e. The maximum atomic E-state index is 11.5. The first-order valence-corrected chi connectivity index (χ1v) is 4.94. The van der Waals surface area contributed by atoms with E-state index in [9.17, 15) is 4.79 Å². The lowest BCUT2D eigenvalue weighted by molar-refractivity contribution is -0.129. The van der Waals surface area contributed by atoms with Crippen LogP contribution in [0.5, 0.6) is 0 Å². The van der Waals surface area contributed by atoms with Gasteiger partial charge in [0.1, 0.15) is 0 Å². The number of hydrogen-bond donors (Lipinski definition) is 2. The van der Waals surface area contributed by atoms with Crippen LogP contribution in [0.1, 0.15) is 26.2 Å². The van der Waals surface area contributed by atoms with Gasteiger partial charge in [-0.15, -0.1) is 0 Å². The first-order valence-electron chi connectivity index (χ1n) is 4.94. The molecule has 0 radical (unpaired) electrons. The van der Waals surface area contributed by atoms with Crippen molar-refractivity contribution in [3.05, 3.63) is 0 Å². The maximum Gasteiger partial charge on any atom is 0.238 e. The Kier molecular flexibility index (Phi) is 2.04. The summed E-state index contributed by atoms with van der Waals surface area (Å²) < 4.78 is 0. The molecule has 0 aromatic heterocycles. The fourth-order valence-corrected chi connectivity index (χ4v) is 2.09. The van der Waals surface area contributed by atoms with Gasteiger partial charge in [0.25, 0.3) is 0 Å². The number of carbonyl (C=O) groups excluding carboxylic acids is 1. The number of carbonyl (C=O) groups is 1. The summed E-state index contributed by atoms with van der Waals surface area (Å²) in [7, 11) is 0. The predicted molar refractivity (Wildman–Crippen MR) is 49.6 cm³/mol. The van der Waals surface area contributed by atoms with E-state index in [1.165, 1.54) is 12.8 Å². The fourth-order valence-electron chi connectivity index (χ4n) is 2.09. The van der Waals surface area contributed by atoms with Crippen molar-refractivity contribution in [2.75, 3.05) is 13.1 Å². The van der Waals surface area contributed by atoms with E-state index in [4.69, 9.17) is 5.73 Å². The van der Waals surface area contributed by atoms with Gasteiger partial charge in [0, 0.05) is 25.0 Å². The molecule has 3 N–H and O–H groups in total. The molecule has 0 spiro atoms. The molecule has 1 amide bonds. The van der Waals surface area contributed by atoms with Crippen molar-refractivity contribution >= 4 is 5.91 Å². The molecule has 0 aromatic carbocycles. The number of amides is 1. The lowest BCUT2D eigenvalue weighted by atomic mass is 9.94. The van der Waals surface area contributed by atoms with Gasteiger partial charge in [0.05, 0.1) is 0 Å². The van der Waals surface area contributed by atoms with Gasteiger partial charge >= 0.3 is 0 Å². The summed E-state index contributed by atoms with van der Waals surface area (Å²) in [6.07, 6.45) is 3.15. The Morgan fingerprint density at radius 2 is 2.38 bits per heavy atom. The molecular weight excluding hydrogens is 166 g/mol. The molecule has 1 atom stereocenters. The number of nitrogens with one attached hydrogen (secondary N) is 1. The van der Waals surface area contributed by atoms with Crippen LogP contribution in [-0.2, 0) is 4.79 Å². The summed E-state index contributed by atoms with van der Waals surface area (Å²) in [5, 5.41) is 1.68. The van der Waals surface area contributed by atoms with Gasteiger partial charge in [-0.3, -0.25) is 9.80 Å². The fraction of sp³-hybridized carbons (Fsp3) is 0.889. The van der Waals surface area contributed by atoms with Crippen molar-refractivity contribution in [2.24, 2.45) is 11.7 Å². The molecule has 4 nitrogen and oxygen atoms in total. The minimum absolute atomic E-state index is 0.0201. The lowest BCUT2D eigenvalue weighted by Crippen LogP contribution is -2.47. The zero-order valence-corrected chi connectivity index (χ0v) is 8.05. The van der Waals surface area contributed by atoms with E-state index in [2.05, 4.69) is 12.3 Å². The largest absolute Gasteiger partial charge is 0.329 e. The molecule has 0 aromatic rings. The Morgan fingerprint density at radius 1 is 1.69 bits per heavy atom. The number of nitrogens with two attached hydrogens (primary N) is 1. The molecule has 74 valence electrons. The average Bonchev–Trinajstić information content (AvgIpc) is 2.82. The highest BCUT2D eigenvalue weighted by Crippen LogP contribution is 2.43. The summed E-state index contributed by atoms with van der Waals surface area (Å²) >= 11 is 0. The van der Waals surface area contributed by atoms with Crippen molar-refractivity contribution in [2.45, 2.75) is 31.7 Å². The molecule has 13 heavy (non-hydrogen) atoms. The normalized spacial score (nSPS) is 34.3. The van der Waals surface area contributed by atoms with Crippen LogP contribution in [0.15, 0.2) is 0 Å². The van der Waals surface area contributed by atoms with Crippen LogP contribution in [-0.4, -0.2) is 29.5 Å². The first kappa shape index (κ1) is 8.97. The summed E-state index contributed by atoms with van der Waals surface area (Å²) in [5.74, 6) is 0.888. The van der Waals surface area contributed by atoms with Gasteiger partial charge in [-0.05, 0) is 25.7 Å². The van der Waals surface area contributed by atoms with E-state index in [1.54, 1.807) is 5.01 Å². The van der Waals surface area contributed by atoms with Crippen molar-refractivity contribution in [1.82, 2.24) is 10.4 Å². The molecule has 4 heteroatoms. The topological polar surface area (TPSA) is 58.4 Å². The lowest BCUT2D eigenvalue weighted by Gasteiger charge is -2.25. The number of hydrazine groups is 1. The minimum Gasteiger partial charge on any atom is -0.329 e. The van der Waals surface area contributed by atoms with Gasteiger partial charge in [0.15, 0.2) is 0 Å². The number of rotatable bonds is 3. The van der Waals surface area contributed by atoms with Gasteiger partial charge in [-0.25, -0.2) is 5.43 Å². The second-order valence-electron chi connectivity index (χ2n) is 4.31. The standard InChI is InChI=1S/C9H17N3O/c1-9(7-2-3-7)6-8(13)12(11-9)5-4-10/h7,11H,2-6,10H2,1H3. The molecule has 1 aliphatic heterocycles. The molecule has 1 aliphatic carbocycles. The summed E-state index contributed by atoms with van der Waals surface area (Å²) in [6, 6.07) is 0. The van der Waals surface area contributed by atoms with E-state index in [0.717, 1.165) is 0 Å². The predicted octanol–water partition coefficient (Wildman–Crippen LogP) is -0.149. The van der Waals surface area contributed by atoms with E-state index in [0.29, 0.717) is 25.4 Å². The van der Waals surface area contributed by atoms with Crippen LogP contribution in [0.25, 0.3) is 0 Å². The summed E-state index contributed by atoms with van der Waals surface area (Å²) in [5.41, 5.74) is 8.72. The molecule has 2 fully saturated rings. The van der Waals surface area contributed by atoms with Crippen LogP contribution < -0.4 is 11.2 Å². The molecule has 1 unspecified atom stereocenters. The molecule has 0 bridgehead atoms. The first-order chi connectivity index (χ1) is 6.15. The third-order valence-electron chi connectivity index (χ3n) is 3.04. The van der Waals surface area contributed by atoms with Gasteiger partial charge in [-0.2, -0.15) is 0 Å².